The Labute approximate surface area is 131 Å². The van der Waals surface area contributed by atoms with Gasteiger partial charge in [0.15, 0.2) is 0 Å². The summed E-state index contributed by atoms with van der Waals surface area (Å²) in [6.07, 6.45) is 1.97. The molecular weight excluding hydrogens is 280 g/mol. The van der Waals surface area contributed by atoms with Crippen molar-refractivity contribution < 1.29 is 0 Å². The molecule has 0 saturated heterocycles. The fraction of sp³-hybridized carbons (Fsp3) is 0.500. The minimum atomic E-state index is 0.669. The van der Waals surface area contributed by atoms with Gasteiger partial charge in [0, 0.05) is 25.2 Å². The second kappa shape index (κ2) is 7.52. The minimum absolute atomic E-state index is 0.669. The summed E-state index contributed by atoms with van der Waals surface area (Å²) in [5.41, 5.74) is 5.40. The maximum atomic E-state index is 4.62. The third kappa shape index (κ3) is 4.79. The summed E-state index contributed by atoms with van der Waals surface area (Å²) in [5.74, 6) is 1.69. The predicted octanol–water partition coefficient (Wildman–Crippen LogP) is 3.23. The van der Waals surface area contributed by atoms with E-state index in [0.29, 0.717) is 5.92 Å². The Morgan fingerprint density at radius 3 is 2.76 bits per heavy atom. The van der Waals surface area contributed by atoms with Gasteiger partial charge in [0.1, 0.15) is 5.82 Å². The lowest BCUT2D eigenvalue weighted by Gasteiger charge is -2.19. The van der Waals surface area contributed by atoms with Crippen LogP contribution in [0.4, 0.5) is 5.82 Å². The van der Waals surface area contributed by atoms with Gasteiger partial charge in [-0.15, -0.1) is 11.3 Å². The largest absolute Gasteiger partial charge is 0.354 e. The first-order chi connectivity index (χ1) is 10.1. The Morgan fingerprint density at radius 1 is 1.33 bits per heavy atom. The molecule has 2 aromatic rings. The van der Waals surface area contributed by atoms with Crippen LogP contribution in [0.25, 0.3) is 0 Å². The topological polar surface area (TPSA) is 41.1 Å². The van der Waals surface area contributed by atoms with E-state index in [1.807, 2.05) is 11.7 Å². The normalized spacial score (nSPS) is 11.1. The molecule has 21 heavy (non-hydrogen) atoms. The van der Waals surface area contributed by atoms with E-state index in [4.69, 9.17) is 0 Å². The molecule has 0 amide bonds. The Morgan fingerprint density at radius 2 is 2.14 bits per heavy atom. The van der Waals surface area contributed by atoms with Crippen molar-refractivity contribution in [1.82, 2.24) is 15.3 Å². The molecule has 114 valence electrons. The van der Waals surface area contributed by atoms with Crippen LogP contribution < -0.4 is 10.2 Å². The fourth-order valence-corrected chi connectivity index (χ4v) is 2.81. The van der Waals surface area contributed by atoms with E-state index in [9.17, 15) is 0 Å². The maximum Gasteiger partial charge on any atom is 0.131 e. The number of anilines is 1. The molecule has 0 fully saturated rings. The number of nitrogens with zero attached hydrogens (tertiary/aromatic N) is 3. The molecule has 2 heterocycles. The number of nitrogens with one attached hydrogen (secondary N) is 1. The highest BCUT2D eigenvalue weighted by Gasteiger charge is 2.09. The van der Waals surface area contributed by atoms with E-state index in [0.717, 1.165) is 31.1 Å². The highest BCUT2D eigenvalue weighted by atomic mass is 32.1. The molecule has 2 rings (SSSR count). The molecular formula is C16H24N4S. The van der Waals surface area contributed by atoms with Gasteiger partial charge in [-0.05, 0) is 36.6 Å². The summed E-state index contributed by atoms with van der Waals surface area (Å²) in [7, 11) is 2.06. The maximum absolute atomic E-state index is 4.62. The summed E-state index contributed by atoms with van der Waals surface area (Å²) in [4.78, 5) is 11.1. The van der Waals surface area contributed by atoms with Crippen molar-refractivity contribution >= 4 is 17.2 Å². The van der Waals surface area contributed by atoms with Gasteiger partial charge >= 0.3 is 0 Å². The van der Waals surface area contributed by atoms with Gasteiger partial charge in [0.25, 0.3) is 0 Å². The molecule has 0 saturated carbocycles. The molecule has 0 radical (unpaired) electrons. The Kier molecular flexibility index (Phi) is 5.70. The Bertz CT molecular complexity index is 551. The van der Waals surface area contributed by atoms with E-state index in [1.54, 1.807) is 11.3 Å². The quantitative estimate of drug-likeness (QED) is 0.852. The molecule has 0 unspecified atom stereocenters. The summed E-state index contributed by atoms with van der Waals surface area (Å²) >= 11 is 1.63. The minimum Gasteiger partial charge on any atom is -0.354 e. The van der Waals surface area contributed by atoms with Crippen LogP contribution in [0, 0.1) is 12.8 Å². The van der Waals surface area contributed by atoms with Crippen LogP contribution in [0.3, 0.4) is 0 Å². The van der Waals surface area contributed by atoms with Crippen molar-refractivity contribution in [2.24, 2.45) is 5.92 Å². The zero-order valence-corrected chi connectivity index (χ0v) is 14.1. The van der Waals surface area contributed by atoms with E-state index in [1.165, 1.54) is 11.1 Å². The Balaban J connectivity index is 1.98. The molecule has 4 nitrogen and oxygen atoms in total. The van der Waals surface area contributed by atoms with Gasteiger partial charge in [0.2, 0.25) is 0 Å². The number of hydrogen-bond donors (Lipinski definition) is 1. The zero-order valence-electron chi connectivity index (χ0n) is 13.3. The SMILES string of the molecule is Cc1cc(CNCC(C)C)cnc1N(C)Cc1cscn1. The molecule has 0 aliphatic heterocycles. The van der Waals surface area contributed by atoms with Gasteiger partial charge in [-0.3, -0.25) is 0 Å². The van der Waals surface area contributed by atoms with Crippen molar-refractivity contribution in [3.63, 3.8) is 0 Å². The van der Waals surface area contributed by atoms with Crippen LogP contribution in [0.5, 0.6) is 0 Å². The smallest absolute Gasteiger partial charge is 0.131 e. The van der Waals surface area contributed by atoms with Gasteiger partial charge in [-0.2, -0.15) is 0 Å². The van der Waals surface area contributed by atoms with Gasteiger partial charge in [-0.1, -0.05) is 13.8 Å². The summed E-state index contributed by atoms with van der Waals surface area (Å²) in [5, 5.41) is 5.53. The number of aromatic nitrogens is 2. The van der Waals surface area contributed by atoms with Crippen LogP contribution in [-0.2, 0) is 13.1 Å². The van der Waals surface area contributed by atoms with E-state index in [-0.39, 0.29) is 0 Å². The average Bonchev–Trinajstić information content (AvgIpc) is 2.91. The summed E-state index contributed by atoms with van der Waals surface area (Å²) in [6, 6.07) is 2.22. The van der Waals surface area contributed by atoms with Crippen LogP contribution in [-0.4, -0.2) is 23.6 Å². The molecule has 0 spiro atoms. The molecule has 0 bridgehead atoms. The van der Waals surface area contributed by atoms with Gasteiger partial charge < -0.3 is 10.2 Å². The van der Waals surface area contributed by atoms with E-state index < -0.39 is 0 Å². The lowest BCUT2D eigenvalue weighted by Crippen LogP contribution is -2.21. The van der Waals surface area contributed by atoms with Gasteiger partial charge in [-0.25, -0.2) is 9.97 Å². The van der Waals surface area contributed by atoms with Crippen molar-refractivity contribution in [2.75, 3.05) is 18.5 Å². The molecule has 0 aliphatic carbocycles. The standard InChI is InChI=1S/C16H24N4S/c1-12(2)6-17-7-14-5-13(3)16(18-8-14)20(4)9-15-10-21-11-19-15/h5,8,10-12,17H,6-7,9H2,1-4H3. The van der Waals surface area contributed by atoms with Crippen LogP contribution in [0.2, 0.25) is 0 Å². The Hall–Kier alpha value is -1.46. The fourth-order valence-electron chi connectivity index (χ4n) is 2.26. The second-order valence-electron chi connectivity index (χ2n) is 5.84. The van der Waals surface area contributed by atoms with Crippen molar-refractivity contribution in [2.45, 2.75) is 33.9 Å². The van der Waals surface area contributed by atoms with E-state index in [2.05, 4.69) is 59.4 Å². The highest BCUT2D eigenvalue weighted by Crippen LogP contribution is 2.18. The molecule has 2 aromatic heterocycles. The van der Waals surface area contributed by atoms with Crippen LogP contribution >= 0.6 is 11.3 Å². The predicted molar refractivity (Wildman–Crippen MR) is 89.7 cm³/mol. The molecule has 5 heteroatoms. The van der Waals surface area contributed by atoms with Crippen molar-refractivity contribution in [1.29, 1.82) is 0 Å². The van der Waals surface area contributed by atoms with Crippen LogP contribution in [0.1, 0.15) is 30.7 Å². The van der Waals surface area contributed by atoms with E-state index >= 15 is 0 Å². The average molecular weight is 304 g/mol. The number of thiazole rings is 1. The molecule has 0 aromatic carbocycles. The molecule has 1 N–H and O–H groups in total. The number of aryl methyl sites for hydroxylation is 1. The number of rotatable bonds is 7. The second-order valence-corrected chi connectivity index (χ2v) is 6.56. The summed E-state index contributed by atoms with van der Waals surface area (Å²) < 4.78 is 0. The first-order valence-electron chi connectivity index (χ1n) is 7.30. The first-order valence-corrected chi connectivity index (χ1v) is 8.25. The molecule has 0 aliphatic rings. The zero-order chi connectivity index (χ0) is 15.2. The number of pyridine rings is 1. The molecule has 0 atom stereocenters. The number of hydrogen-bond acceptors (Lipinski definition) is 5. The third-order valence-electron chi connectivity index (χ3n) is 3.23. The van der Waals surface area contributed by atoms with Gasteiger partial charge in [0.05, 0.1) is 17.7 Å². The summed E-state index contributed by atoms with van der Waals surface area (Å²) in [6.45, 7) is 9.25. The van der Waals surface area contributed by atoms with Crippen molar-refractivity contribution in [3.05, 3.63) is 40.0 Å². The lowest BCUT2D eigenvalue weighted by molar-refractivity contribution is 0.552. The lowest BCUT2D eigenvalue weighted by atomic mass is 10.2. The highest BCUT2D eigenvalue weighted by molar-refractivity contribution is 7.07. The third-order valence-corrected chi connectivity index (χ3v) is 3.87. The van der Waals surface area contributed by atoms with Crippen LogP contribution in [0.15, 0.2) is 23.2 Å². The first kappa shape index (κ1) is 15.9. The van der Waals surface area contributed by atoms with Crippen molar-refractivity contribution in [3.8, 4) is 0 Å². The monoisotopic (exact) mass is 304 g/mol.